The van der Waals surface area contributed by atoms with Crippen LogP contribution in [0.3, 0.4) is 0 Å². The van der Waals surface area contributed by atoms with Crippen molar-refractivity contribution in [3.8, 4) is 16.9 Å². The molecule has 0 aliphatic rings. The number of para-hydroxylation sites is 1. The normalized spacial score (nSPS) is 10.8. The highest BCUT2D eigenvalue weighted by Crippen LogP contribution is 2.28. The van der Waals surface area contributed by atoms with E-state index in [1.165, 1.54) is 5.56 Å². The summed E-state index contributed by atoms with van der Waals surface area (Å²) in [6.45, 7) is 4.57. The number of rotatable bonds is 5. The van der Waals surface area contributed by atoms with Crippen LogP contribution in [-0.4, -0.2) is 27.6 Å². The Kier molecular flexibility index (Phi) is 5.48. The summed E-state index contributed by atoms with van der Waals surface area (Å²) in [6.07, 6.45) is 0. The second-order valence-corrected chi connectivity index (χ2v) is 7.57. The van der Waals surface area contributed by atoms with E-state index in [1.54, 1.807) is 4.90 Å². The van der Waals surface area contributed by atoms with Gasteiger partial charge in [-0.3, -0.25) is 4.79 Å². The van der Waals surface area contributed by atoms with Crippen molar-refractivity contribution in [1.82, 2.24) is 14.7 Å². The third-order valence-electron chi connectivity index (χ3n) is 5.23. The van der Waals surface area contributed by atoms with Gasteiger partial charge in [-0.25, -0.2) is 4.68 Å². The molecule has 0 unspecified atom stereocenters. The van der Waals surface area contributed by atoms with Crippen molar-refractivity contribution >= 4 is 5.91 Å². The van der Waals surface area contributed by atoms with Gasteiger partial charge in [0.1, 0.15) is 5.69 Å². The lowest BCUT2D eigenvalue weighted by Crippen LogP contribution is -2.27. The molecule has 0 aliphatic heterocycles. The number of carbonyl (C=O) groups is 1. The van der Waals surface area contributed by atoms with Gasteiger partial charge >= 0.3 is 0 Å². The van der Waals surface area contributed by atoms with Crippen molar-refractivity contribution in [1.29, 1.82) is 0 Å². The van der Waals surface area contributed by atoms with Gasteiger partial charge in [0.25, 0.3) is 5.91 Å². The standard InChI is InChI=1S/C26H25N3O/c1-19-11-10-12-21(17-19)18-28(3)26(30)24-20(2)29(23-15-8-5-9-16-23)27-25(24)22-13-6-4-7-14-22/h4-17H,18H2,1-3H3. The first-order valence-corrected chi connectivity index (χ1v) is 10.1. The summed E-state index contributed by atoms with van der Waals surface area (Å²) in [7, 11) is 1.85. The van der Waals surface area contributed by atoms with Gasteiger partial charge in [0.15, 0.2) is 0 Å². The van der Waals surface area contributed by atoms with Crippen LogP contribution >= 0.6 is 0 Å². The van der Waals surface area contributed by atoms with Crippen LogP contribution in [0.25, 0.3) is 16.9 Å². The summed E-state index contributed by atoms with van der Waals surface area (Å²) in [5.41, 5.74) is 6.35. The molecule has 0 fully saturated rings. The second-order valence-electron chi connectivity index (χ2n) is 7.57. The Balaban J connectivity index is 1.77. The van der Waals surface area contributed by atoms with E-state index in [-0.39, 0.29) is 5.91 Å². The molecule has 0 radical (unpaired) electrons. The number of nitrogens with zero attached hydrogens (tertiary/aromatic N) is 3. The van der Waals surface area contributed by atoms with Crippen LogP contribution < -0.4 is 0 Å². The van der Waals surface area contributed by atoms with Crippen molar-refractivity contribution in [2.75, 3.05) is 7.05 Å². The summed E-state index contributed by atoms with van der Waals surface area (Å²) in [5, 5.41) is 4.84. The molecule has 0 atom stereocenters. The maximum Gasteiger partial charge on any atom is 0.258 e. The van der Waals surface area contributed by atoms with Gasteiger partial charge in [-0.1, -0.05) is 78.4 Å². The quantitative estimate of drug-likeness (QED) is 0.452. The predicted octanol–water partition coefficient (Wildman–Crippen LogP) is 5.43. The molecule has 30 heavy (non-hydrogen) atoms. The number of hydrogen-bond donors (Lipinski definition) is 0. The van der Waals surface area contributed by atoms with E-state index < -0.39 is 0 Å². The summed E-state index contributed by atoms with van der Waals surface area (Å²) < 4.78 is 1.86. The zero-order valence-corrected chi connectivity index (χ0v) is 17.5. The molecule has 4 nitrogen and oxygen atoms in total. The van der Waals surface area contributed by atoms with Crippen LogP contribution in [0.5, 0.6) is 0 Å². The van der Waals surface area contributed by atoms with Crippen LogP contribution in [0, 0.1) is 13.8 Å². The van der Waals surface area contributed by atoms with Crippen LogP contribution in [0.15, 0.2) is 84.9 Å². The molecule has 4 aromatic rings. The average Bonchev–Trinajstić information content (AvgIpc) is 3.11. The number of aromatic nitrogens is 2. The lowest BCUT2D eigenvalue weighted by Gasteiger charge is -2.18. The van der Waals surface area contributed by atoms with Crippen molar-refractivity contribution in [2.24, 2.45) is 0 Å². The van der Waals surface area contributed by atoms with Gasteiger partial charge in [-0.2, -0.15) is 5.10 Å². The molecule has 3 aromatic carbocycles. The molecule has 0 spiro atoms. The Labute approximate surface area is 177 Å². The molecule has 1 aromatic heterocycles. The molecule has 150 valence electrons. The van der Waals surface area contributed by atoms with Crippen molar-refractivity contribution < 1.29 is 4.79 Å². The Hall–Kier alpha value is -3.66. The highest BCUT2D eigenvalue weighted by atomic mass is 16.2. The minimum absolute atomic E-state index is 0.0324. The number of hydrogen-bond acceptors (Lipinski definition) is 2. The van der Waals surface area contributed by atoms with E-state index in [0.717, 1.165) is 22.5 Å². The van der Waals surface area contributed by atoms with E-state index in [2.05, 4.69) is 25.1 Å². The average molecular weight is 396 g/mol. The van der Waals surface area contributed by atoms with E-state index in [9.17, 15) is 4.79 Å². The largest absolute Gasteiger partial charge is 0.337 e. The zero-order valence-electron chi connectivity index (χ0n) is 17.5. The van der Waals surface area contributed by atoms with E-state index in [4.69, 9.17) is 5.10 Å². The van der Waals surface area contributed by atoms with Gasteiger partial charge in [-0.15, -0.1) is 0 Å². The van der Waals surface area contributed by atoms with Gasteiger partial charge < -0.3 is 4.90 Å². The third kappa shape index (κ3) is 3.90. The molecule has 1 heterocycles. The SMILES string of the molecule is Cc1cccc(CN(C)C(=O)c2c(-c3ccccc3)nn(-c3ccccc3)c2C)c1. The monoisotopic (exact) mass is 395 g/mol. The molecule has 0 bridgehead atoms. The number of carbonyl (C=O) groups excluding carboxylic acids is 1. The highest BCUT2D eigenvalue weighted by Gasteiger charge is 2.25. The molecule has 0 N–H and O–H groups in total. The second kappa shape index (κ2) is 8.37. The van der Waals surface area contributed by atoms with Crippen molar-refractivity contribution in [3.63, 3.8) is 0 Å². The first-order valence-electron chi connectivity index (χ1n) is 10.1. The molecule has 0 aliphatic carbocycles. The van der Waals surface area contributed by atoms with Gasteiger partial charge in [-0.05, 0) is 31.5 Å². The number of amides is 1. The fourth-order valence-electron chi connectivity index (χ4n) is 3.72. The highest BCUT2D eigenvalue weighted by molar-refractivity contribution is 6.01. The number of benzene rings is 3. The molecule has 1 amide bonds. The first kappa shape index (κ1) is 19.6. The minimum atomic E-state index is -0.0324. The summed E-state index contributed by atoms with van der Waals surface area (Å²) in [5.74, 6) is -0.0324. The predicted molar refractivity (Wildman–Crippen MR) is 121 cm³/mol. The van der Waals surface area contributed by atoms with Gasteiger partial charge in [0.2, 0.25) is 0 Å². The van der Waals surface area contributed by atoms with E-state index >= 15 is 0 Å². The molecule has 4 heteroatoms. The van der Waals surface area contributed by atoms with E-state index in [1.807, 2.05) is 85.4 Å². The lowest BCUT2D eigenvalue weighted by atomic mass is 10.0. The Morgan fingerprint density at radius 2 is 1.57 bits per heavy atom. The summed E-state index contributed by atoms with van der Waals surface area (Å²) in [4.78, 5) is 15.3. The molecular formula is C26H25N3O. The summed E-state index contributed by atoms with van der Waals surface area (Å²) >= 11 is 0. The molecule has 0 saturated heterocycles. The first-order chi connectivity index (χ1) is 14.5. The number of aryl methyl sites for hydroxylation is 1. The Bertz CT molecular complexity index is 1160. The summed E-state index contributed by atoms with van der Waals surface area (Å²) in [6, 6.07) is 28.1. The van der Waals surface area contributed by atoms with Crippen molar-refractivity contribution in [3.05, 3.63) is 107 Å². The smallest absolute Gasteiger partial charge is 0.258 e. The minimum Gasteiger partial charge on any atom is -0.337 e. The third-order valence-corrected chi connectivity index (χ3v) is 5.23. The van der Waals surface area contributed by atoms with E-state index in [0.29, 0.717) is 17.8 Å². The molecular weight excluding hydrogens is 370 g/mol. The maximum atomic E-state index is 13.6. The topological polar surface area (TPSA) is 38.1 Å². The van der Waals surface area contributed by atoms with Crippen LogP contribution in [0.4, 0.5) is 0 Å². The van der Waals surface area contributed by atoms with Gasteiger partial charge in [0.05, 0.1) is 16.9 Å². The van der Waals surface area contributed by atoms with Crippen LogP contribution in [-0.2, 0) is 6.54 Å². The van der Waals surface area contributed by atoms with Crippen LogP contribution in [0.2, 0.25) is 0 Å². The van der Waals surface area contributed by atoms with Gasteiger partial charge in [0, 0.05) is 19.2 Å². The Morgan fingerprint density at radius 1 is 0.900 bits per heavy atom. The lowest BCUT2D eigenvalue weighted by molar-refractivity contribution is 0.0785. The molecule has 4 rings (SSSR count). The maximum absolute atomic E-state index is 13.6. The fraction of sp³-hybridized carbons (Fsp3) is 0.154. The van der Waals surface area contributed by atoms with Crippen molar-refractivity contribution in [2.45, 2.75) is 20.4 Å². The molecule has 0 saturated carbocycles. The Morgan fingerprint density at radius 3 is 2.23 bits per heavy atom. The zero-order chi connectivity index (χ0) is 21.1. The fourth-order valence-corrected chi connectivity index (χ4v) is 3.72. The van der Waals surface area contributed by atoms with Crippen LogP contribution in [0.1, 0.15) is 27.2 Å².